The second kappa shape index (κ2) is 8.18. The van der Waals surface area contributed by atoms with Gasteiger partial charge in [0.15, 0.2) is 0 Å². The van der Waals surface area contributed by atoms with Gasteiger partial charge >= 0.3 is 0 Å². The summed E-state index contributed by atoms with van der Waals surface area (Å²) < 4.78 is 11.2. The van der Waals surface area contributed by atoms with Crippen LogP contribution >= 0.6 is 0 Å². The molecular weight excluding hydrogens is 340 g/mol. The van der Waals surface area contributed by atoms with Crippen LogP contribution in [-0.4, -0.2) is 35.0 Å². The van der Waals surface area contributed by atoms with E-state index in [1.54, 1.807) is 12.5 Å². The molecule has 1 aliphatic rings. The van der Waals surface area contributed by atoms with Gasteiger partial charge in [0.25, 0.3) is 5.91 Å². The van der Waals surface area contributed by atoms with Crippen molar-refractivity contribution in [3.05, 3.63) is 78.3 Å². The predicted octanol–water partition coefficient (Wildman–Crippen LogP) is 4.16. The molecule has 1 amide bonds. The van der Waals surface area contributed by atoms with E-state index in [1.807, 2.05) is 59.5 Å². The summed E-state index contributed by atoms with van der Waals surface area (Å²) in [6.45, 7) is 1.80. The highest BCUT2D eigenvalue weighted by Crippen LogP contribution is 2.22. The molecule has 0 saturated carbocycles. The van der Waals surface area contributed by atoms with Gasteiger partial charge in [-0.15, -0.1) is 0 Å². The maximum absolute atomic E-state index is 13.3. The lowest BCUT2D eigenvalue weighted by molar-refractivity contribution is 0.0504. The molecule has 0 radical (unpaired) electrons. The molecule has 0 N–H and O–H groups in total. The predicted molar refractivity (Wildman–Crippen MR) is 102 cm³/mol. The molecular formula is C22H22N2O3. The number of carbonyl (C=O) groups is 1. The van der Waals surface area contributed by atoms with E-state index in [4.69, 9.17) is 9.15 Å². The monoisotopic (exact) mass is 362 g/mol. The first kappa shape index (κ1) is 17.5. The van der Waals surface area contributed by atoms with Gasteiger partial charge in [0.05, 0.1) is 24.6 Å². The van der Waals surface area contributed by atoms with Gasteiger partial charge in [0.2, 0.25) is 0 Å². The summed E-state index contributed by atoms with van der Waals surface area (Å²) in [5.74, 6) is 0.726. The Bertz CT molecular complexity index is 872. The molecule has 4 rings (SSSR count). The Kier molecular flexibility index (Phi) is 5.30. The van der Waals surface area contributed by atoms with Crippen LogP contribution in [0.4, 0.5) is 0 Å². The Morgan fingerprint density at radius 3 is 2.85 bits per heavy atom. The quantitative estimate of drug-likeness (QED) is 0.661. The zero-order valence-electron chi connectivity index (χ0n) is 15.1. The second-order valence-corrected chi connectivity index (χ2v) is 6.70. The summed E-state index contributed by atoms with van der Waals surface area (Å²) in [5.41, 5.74) is 2.39. The average Bonchev–Trinajstić information content (AvgIpc) is 3.42. The summed E-state index contributed by atoms with van der Waals surface area (Å²) in [6, 6.07) is 17.0. The Hall–Kier alpha value is -2.92. The topological polar surface area (TPSA) is 55.6 Å². The second-order valence-electron chi connectivity index (χ2n) is 6.70. The van der Waals surface area contributed by atoms with Gasteiger partial charge in [-0.1, -0.05) is 18.2 Å². The van der Waals surface area contributed by atoms with Crippen LogP contribution in [0, 0.1) is 0 Å². The average molecular weight is 362 g/mol. The van der Waals surface area contributed by atoms with E-state index < -0.39 is 0 Å². The van der Waals surface area contributed by atoms with Gasteiger partial charge in [0.1, 0.15) is 5.76 Å². The van der Waals surface area contributed by atoms with Crippen LogP contribution in [0.5, 0.6) is 0 Å². The molecule has 1 unspecified atom stereocenters. The molecule has 1 aromatic carbocycles. The molecule has 0 spiro atoms. The minimum absolute atomic E-state index is 0.0236. The lowest BCUT2D eigenvalue weighted by atomic mass is 10.1. The lowest BCUT2D eigenvalue weighted by Crippen LogP contribution is -2.37. The first-order chi connectivity index (χ1) is 13.3. The third-order valence-corrected chi connectivity index (χ3v) is 4.73. The lowest BCUT2D eigenvalue weighted by Gasteiger charge is -2.25. The van der Waals surface area contributed by atoms with Gasteiger partial charge in [-0.25, -0.2) is 0 Å². The number of ether oxygens (including phenoxy) is 1. The summed E-state index contributed by atoms with van der Waals surface area (Å²) in [5, 5.41) is 0. The Morgan fingerprint density at radius 1 is 1.15 bits per heavy atom. The highest BCUT2D eigenvalue weighted by atomic mass is 16.5. The van der Waals surface area contributed by atoms with E-state index in [2.05, 4.69) is 4.98 Å². The van der Waals surface area contributed by atoms with E-state index in [0.29, 0.717) is 18.7 Å². The van der Waals surface area contributed by atoms with Crippen molar-refractivity contribution in [3.8, 4) is 11.3 Å². The number of carbonyl (C=O) groups excluding carboxylic acids is 1. The maximum Gasteiger partial charge on any atom is 0.254 e. The Morgan fingerprint density at radius 2 is 2.11 bits per heavy atom. The largest absolute Gasteiger partial charge is 0.464 e. The van der Waals surface area contributed by atoms with E-state index in [9.17, 15) is 4.79 Å². The first-order valence-corrected chi connectivity index (χ1v) is 9.24. The van der Waals surface area contributed by atoms with Crippen molar-refractivity contribution < 1.29 is 13.9 Å². The molecule has 27 heavy (non-hydrogen) atoms. The van der Waals surface area contributed by atoms with Crippen molar-refractivity contribution in [2.24, 2.45) is 0 Å². The number of hydrogen-bond acceptors (Lipinski definition) is 4. The van der Waals surface area contributed by atoms with E-state index in [1.165, 1.54) is 0 Å². The van der Waals surface area contributed by atoms with Crippen LogP contribution in [0.2, 0.25) is 0 Å². The molecule has 1 atom stereocenters. The maximum atomic E-state index is 13.3. The molecule has 3 aromatic rings. The van der Waals surface area contributed by atoms with Gasteiger partial charge < -0.3 is 14.1 Å². The number of benzene rings is 1. The number of pyridine rings is 1. The third-order valence-electron chi connectivity index (χ3n) is 4.73. The molecule has 0 aliphatic carbocycles. The fraction of sp³-hybridized carbons (Fsp3) is 0.273. The van der Waals surface area contributed by atoms with Gasteiger partial charge in [-0.3, -0.25) is 9.78 Å². The molecule has 3 heterocycles. The molecule has 1 saturated heterocycles. The number of nitrogens with zero attached hydrogens (tertiary/aromatic N) is 2. The zero-order chi connectivity index (χ0) is 18.5. The third kappa shape index (κ3) is 4.26. The molecule has 1 fully saturated rings. The standard InChI is InChI=1S/C22H22N2O3/c25-22(18-7-3-6-17(14-18)21-10-5-13-27-21)24(16-20-9-4-12-26-20)15-19-8-1-2-11-23-19/h1-3,5-8,10-11,13-14,20H,4,9,12,15-16H2. The number of amides is 1. The molecule has 2 aromatic heterocycles. The smallest absolute Gasteiger partial charge is 0.254 e. The normalized spacial score (nSPS) is 16.4. The van der Waals surface area contributed by atoms with Crippen LogP contribution in [-0.2, 0) is 11.3 Å². The number of aromatic nitrogens is 1. The van der Waals surface area contributed by atoms with Crippen molar-refractivity contribution in [1.29, 1.82) is 0 Å². The minimum Gasteiger partial charge on any atom is -0.464 e. The molecule has 1 aliphatic heterocycles. The van der Waals surface area contributed by atoms with Crippen LogP contribution < -0.4 is 0 Å². The zero-order valence-corrected chi connectivity index (χ0v) is 15.1. The fourth-order valence-corrected chi connectivity index (χ4v) is 3.37. The minimum atomic E-state index is -0.0236. The van der Waals surface area contributed by atoms with Gasteiger partial charge in [-0.2, -0.15) is 0 Å². The van der Waals surface area contributed by atoms with E-state index in [0.717, 1.165) is 36.5 Å². The Balaban J connectivity index is 1.58. The summed E-state index contributed by atoms with van der Waals surface area (Å²) in [6.07, 6.45) is 5.50. The van der Waals surface area contributed by atoms with Crippen LogP contribution in [0.3, 0.4) is 0 Å². The highest BCUT2D eigenvalue weighted by Gasteiger charge is 2.24. The molecule has 5 heteroatoms. The van der Waals surface area contributed by atoms with Crippen LogP contribution in [0.15, 0.2) is 71.5 Å². The van der Waals surface area contributed by atoms with Gasteiger partial charge in [-0.05, 0) is 49.2 Å². The van der Waals surface area contributed by atoms with Crippen LogP contribution in [0.25, 0.3) is 11.3 Å². The highest BCUT2D eigenvalue weighted by molar-refractivity contribution is 5.95. The molecule has 138 valence electrons. The van der Waals surface area contributed by atoms with Gasteiger partial charge in [0, 0.05) is 30.5 Å². The number of rotatable bonds is 6. The summed E-state index contributed by atoms with van der Waals surface area (Å²) in [7, 11) is 0. The van der Waals surface area contributed by atoms with Crippen molar-refractivity contribution in [1.82, 2.24) is 9.88 Å². The van der Waals surface area contributed by atoms with Crippen LogP contribution in [0.1, 0.15) is 28.9 Å². The van der Waals surface area contributed by atoms with Crippen molar-refractivity contribution in [3.63, 3.8) is 0 Å². The van der Waals surface area contributed by atoms with E-state index >= 15 is 0 Å². The summed E-state index contributed by atoms with van der Waals surface area (Å²) >= 11 is 0. The van der Waals surface area contributed by atoms with Crippen molar-refractivity contribution in [2.45, 2.75) is 25.5 Å². The summed E-state index contributed by atoms with van der Waals surface area (Å²) in [4.78, 5) is 19.5. The number of furan rings is 1. The van der Waals surface area contributed by atoms with Crippen molar-refractivity contribution >= 4 is 5.91 Å². The fourth-order valence-electron chi connectivity index (χ4n) is 3.37. The van der Waals surface area contributed by atoms with E-state index in [-0.39, 0.29) is 12.0 Å². The first-order valence-electron chi connectivity index (χ1n) is 9.24. The number of hydrogen-bond donors (Lipinski definition) is 0. The van der Waals surface area contributed by atoms with Crippen molar-refractivity contribution in [2.75, 3.05) is 13.2 Å². The molecule has 5 nitrogen and oxygen atoms in total. The Labute approximate surface area is 158 Å². The SMILES string of the molecule is O=C(c1cccc(-c2ccco2)c1)N(Cc1ccccn1)CC1CCCO1. The molecule has 0 bridgehead atoms.